The second kappa shape index (κ2) is 49.8. The monoisotopic (exact) mass is 2290 g/mol. The van der Waals surface area contributed by atoms with E-state index in [4.69, 9.17) is 35.3 Å². The van der Waals surface area contributed by atoms with Gasteiger partial charge in [-0.2, -0.15) is 77.1 Å². The zero-order chi connectivity index (χ0) is 87.0. The third-order valence-electron chi connectivity index (χ3n) is 18.3. The molecule has 0 aliphatic carbocycles. The first kappa shape index (κ1) is 107. The minimum Gasteiger partial charge on any atom is -0.514 e. The maximum Gasteiger partial charge on any atom is 0.368 e. The summed E-state index contributed by atoms with van der Waals surface area (Å²) in [5.74, 6) is -0.338. The Balaban J connectivity index is 0.000000241. The molecule has 10 aromatic carbocycles. The van der Waals surface area contributed by atoms with Crippen molar-refractivity contribution in [3.63, 3.8) is 0 Å². The van der Waals surface area contributed by atoms with Gasteiger partial charge in [0.1, 0.15) is 33.0 Å². The predicted molar refractivity (Wildman–Crippen MR) is 444 cm³/mol. The molecule has 5 heterocycles. The standard InChI is InChI=1S/C18H18FN4O2.C17H16FN4O2.C16H13BrFN4O2.C16H13ClFN4O2.C16H13FIN4O2.5Y/c1-4-13-6-5-7-16(23-18(24)22(3)20-21-23)15(13)11-25-17-10-14(19)9-8-12(17)2;1-11-5-4-6-15(22-17(23)21(3)19-20-22)14(11)10-24-16-9-13(18)8-7-12(16)2;2*1-10-6-7-11(18)8-15(10)24-9-12-13(17)4-3-5-14(12)22-16(23)21(2)19-20-22;1-10-6-7-11(17)8-15(10)24-9-12-13(18)4-3-5-14(12)22-16(23)21(2)19-20-22;;;;;/h5-8,10H,4,11H2,1-3H3;4-7,9H,10H2,1-3H3;3*3-6,8H,9H2,1-2H3;;;;;/q5*-1;;;;;. The van der Waals surface area contributed by atoms with Crippen molar-refractivity contribution in [1.82, 2.24) is 99.0 Å². The Hall–Kier alpha value is -7.78. The van der Waals surface area contributed by atoms with Gasteiger partial charge in [0.25, 0.3) is 0 Å². The molecule has 0 aliphatic heterocycles. The van der Waals surface area contributed by atoms with Crippen LogP contribution in [0.4, 0.5) is 22.0 Å². The number of benzene rings is 10. The molecule has 126 heavy (non-hydrogen) atoms. The minimum atomic E-state index is -0.514. The van der Waals surface area contributed by atoms with E-state index in [9.17, 15) is 45.9 Å². The molecule has 0 N–H and O–H groups in total. The van der Waals surface area contributed by atoms with E-state index in [0.29, 0.717) is 73.3 Å². The van der Waals surface area contributed by atoms with Crippen molar-refractivity contribution in [1.29, 1.82) is 0 Å². The first-order valence-electron chi connectivity index (χ1n) is 36.4. The summed E-state index contributed by atoms with van der Waals surface area (Å²) in [6.45, 7) is 13.7. The Morgan fingerprint density at radius 2 is 0.595 bits per heavy atom. The van der Waals surface area contributed by atoms with E-state index < -0.39 is 34.8 Å². The summed E-state index contributed by atoms with van der Waals surface area (Å²) in [6.07, 6.45) is 0.761. The average molecular weight is 2290 g/mol. The van der Waals surface area contributed by atoms with Crippen LogP contribution in [0.25, 0.3) is 28.4 Å². The average Bonchev–Trinajstić information content (AvgIpc) is 1.59. The quantitative estimate of drug-likeness (QED) is 0.0366. The van der Waals surface area contributed by atoms with Gasteiger partial charge in [-0.15, -0.1) is 58.1 Å². The topological polar surface area (TPSA) is 310 Å². The number of aryl methyl sites for hydroxylation is 12. The van der Waals surface area contributed by atoms with Crippen molar-refractivity contribution in [2.24, 2.45) is 35.2 Å². The van der Waals surface area contributed by atoms with Gasteiger partial charge in [0.05, 0.1) is 28.4 Å². The molecule has 0 atom stereocenters. The fraction of sp³-hybridized carbons (Fsp3) is 0.217. The molecule has 5 aromatic heterocycles. The molecule has 0 bridgehead atoms. The summed E-state index contributed by atoms with van der Waals surface area (Å²) in [5, 5.41) is 38.3. The molecule has 15 rings (SSSR count). The summed E-state index contributed by atoms with van der Waals surface area (Å²) < 4.78 is 109. The molecule has 5 radical (unpaired) electrons. The molecule has 0 saturated carbocycles. The van der Waals surface area contributed by atoms with Gasteiger partial charge in [-0.1, -0.05) is 142 Å². The van der Waals surface area contributed by atoms with Crippen LogP contribution >= 0.6 is 50.1 Å². The van der Waals surface area contributed by atoms with Crippen LogP contribution in [0.5, 0.6) is 28.7 Å². The first-order chi connectivity index (χ1) is 57.9. The molecule has 30 nitrogen and oxygen atoms in total. The van der Waals surface area contributed by atoms with E-state index in [1.165, 1.54) is 109 Å². The number of halogens is 8. The second-order valence-electron chi connectivity index (χ2n) is 26.6. The summed E-state index contributed by atoms with van der Waals surface area (Å²) in [6, 6.07) is 53.5. The van der Waals surface area contributed by atoms with E-state index >= 15 is 0 Å². The smallest absolute Gasteiger partial charge is 0.368 e. The summed E-state index contributed by atoms with van der Waals surface area (Å²) >= 11 is 11.9. The molecule has 0 fully saturated rings. The summed E-state index contributed by atoms with van der Waals surface area (Å²) in [7, 11) is 7.62. The maximum absolute atomic E-state index is 13.4. The van der Waals surface area contributed by atoms with Crippen molar-refractivity contribution in [2.75, 3.05) is 0 Å². The fourth-order valence-electron chi connectivity index (χ4n) is 11.5. The van der Waals surface area contributed by atoms with E-state index in [1.54, 1.807) is 68.4 Å². The van der Waals surface area contributed by atoms with Crippen molar-refractivity contribution in [3.05, 3.63) is 343 Å². The van der Waals surface area contributed by atoms with E-state index in [2.05, 4.69) is 121 Å². The number of nitrogens with zero attached hydrogens (tertiary/aromatic N) is 20. The zero-order valence-corrected chi connectivity index (χ0v) is 88.3. The van der Waals surface area contributed by atoms with Crippen LogP contribution in [0.1, 0.15) is 73.7 Å². The Morgan fingerprint density at radius 1 is 0.341 bits per heavy atom. The first-order valence-corrected chi connectivity index (χ1v) is 38.7. The van der Waals surface area contributed by atoms with Crippen LogP contribution in [0.15, 0.2) is 180 Å². The van der Waals surface area contributed by atoms with Gasteiger partial charge in [-0.05, 0) is 148 Å². The van der Waals surface area contributed by atoms with Gasteiger partial charge in [0.2, 0.25) is 0 Å². The maximum atomic E-state index is 13.4. The zero-order valence-electron chi connectivity index (χ0n) is 69.6. The van der Waals surface area contributed by atoms with Crippen molar-refractivity contribution in [2.45, 2.75) is 87.9 Å². The Kier molecular flexibility index (Phi) is 42.3. The van der Waals surface area contributed by atoms with Crippen molar-refractivity contribution < 1.29 is 209 Å². The fourth-order valence-corrected chi connectivity index (χ4v) is 12.8. The van der Waals surface area contributed by atoms with Crippen LogP contribution in [0.2, 0.25) is 5.02 Å². The molecular formula is C83H73BrClF5IN20O10Y5-5. The normalized spacial score (nSPS) is 10.4. The van der Waals surface area contributed by atoms with Gasteiger partial charge in [0, 0.05) is 298 Å². The number of aromatic nitrogens is 20. The number of hydrogen-bond acceptors (Lipinski definition) is 20. The third-order valence-corrected chi connectivity index (χ3v) is 20.4. The third kappa shape index (κ3) is 27.0. The van der Waals surface area contributed by atoms with Crippen molar-refractivity contribution in [3.8, 4) is 57.2 Å². The SMILES string of the molecule is CCc1cccc(-n2nnn(C)c2=O)c1COc1cc(F)[c-]cc1C.Cc1c[c-]c(F)cc1OCc1c(Br)cccc1-n1nnn(C)c1=O.Cc1c[c-]c(F)cc1OCc1c(C)cccc1-n1nnn(C)c1=O.Cc1c[c-]c(F)cc1OCc1c(Cl)cccc1-n1nnn(C)c1=O.Cc1c[c-]c(F)cc1OCc1c(I)cccc1-n1nnn(C)c1=O.[Y].[Y].[Y].[Y].[Y]. The van der Waals surface area contributed by atoms with Gasteiger partial charge < -0.3 is 23.7 Å². The molecule has 641 valence electrons. The van der Waals surface area contributed by atoms with Crippen LogP contribution < -0.4 is 52.1 Å². The Bertz CT molecular complexity index is 5990. The van der Waals surface area contributed by atoms with Gasteiger partial charge in [-0.3, -0.25) is 0 Å². The largest absolute Gasteiger partial charge is 0.514 e. The number of hydrogen-bond donors (Lipinski definition) is 0. The molecule has 0 aliphatic rings. The summed E-state index contributed by atoms with van der Waals surface area (Å²) in [5.41, 5.74) is 10.4. The molecule has 0 saturated heterocycles. The molecule has 43 heteroatoms. The molecule has 0 unspecified atom stereocenters. The minimum absolute atomic E-state index is 0. The van der Waals surface area contributed by atoms with Gasteiger partial charge in [-0.25, -0.2) is 45.9 Å². The summed E-state index contributed by atoms with van der Waals surface area (Å²) in [4.78, 5) is 60.6. The van der Waals surface area contributed by atoms with E-state index in [1.807, 2.05) is 77.1 Å². The van der Waals surface area contributed by atoms with E-state index in [-0.39, 0.29) is 219 Å². The van der Waals surface area contributed by atoms with E-state index in [0.717, 1.165) is 98.2 Å². The molecule has 0 amide bonds. The Labute approximate surface area is 870 Å². The Morgan fingerprint density at radius 3 is 0.921 bits per heavy atom. The molecule has 0 spiro atoms. The predicted octanol–water partition coefficient (Wildman–Crippen LogP) is 11.8. The van der Waals surface area contributed by atoms with Crippen LogP contribution in [-0.4, -0.2) is 99.0 Å². The van der Waals surface area contributed by atoms with Crippen LogP contribution in [0, 0.1) is 105 Å². The van der Waals surface area contributed by atoms with Crippen molar-refractivity contribution >= 4 is 50.1 Å². The number of rotatable bonds is 21. The van der Waals surface area contributed by atoms with Gasteiger partial charge in [0.15, 0.2) is 0 Å². The van der Waals surface area contributed by atoms with Crippen LogP contribution in [-0.2, 0) is 238 Å². The molecular weight excluding hydrogens is 2220 g/mol. The van der Waals surface area contributed by atoms with Gasteiger partial charge >= 0.3 is 28.4 Å². The molecule has 15 aromatic rings. The second-order valence-corrected chi connectivity index (χ2v) is 29.0. The number of ether oxygens (including phenoxy) is 5. The van der Waals surface area contributed by atoms with Crippen LogP contribution in [0.3, 0.4) is 0 Å². The number of tetrazole rings is 5.